The minimum absolute atomic E-state index is 0.0573. The molecule has 1 heterocycles. The van der Waals surface area contributed by atoms with Gasteiger partial charge in [-0.05, 0) is 6.92 Å². The number of aromatic nitrogens is 1. The molecule has 0 bridgehead atoms. The Kier molecular flexibility index (Phi) is 3.40. The molecule has 5 nitrogen and oxygen atoms in total. The highest BCUT2D eigenvalue weighted by molar-refractivity contribution is 5.42. The summed E-state index contributed by atoms with van der Waals surface area (Å²) in [5, 5.41) is 27.5. The summed E-state index contributed by atoms with van der Waals surface area (Å²) in [6.45, 7) is 1.08. The first-order chi connectivity index (χ1) is 6.61. The van der Waals surface area contributed by atoms with Crippen molar-refractivity contribution in [3.05, 3.63) is 23.0 Å². The van der Waals surface area contributed by atoms with E-state index in [9.17, 15) is 5.11 Å². The molecule has 5 N–H and O–H groups in total. The van der Waals surface area contributed by atoms with Crippen molar-refractivity contribution in [2.24, 2.45) is 5.73 Å². The van der Waals surface area contributed by atoms with Crippen molar-refractivity contribution >= 4 is 0 Å². The van der Waals surface area contributed by atoms with Gasteiger partial charge in [-0.3, -0.25) is 4.98 Å². The molecule has 1 rings (SSSR count). The van der Waals surface area contributed by atoms with Gasteiger partial charge in [0, 0.05) is 17.3 Å². The smallest absolute Gasteiger partial charge is 0.141 e. The van der Waals surface area contributed by atoms with Crippen LogP contribution in [0.4, 0.5) is 0 Å². The Labute approximate surface area is 81.8 Å². The lowest BCUT2D eigenvalue weighted by Gasteiger charge is -2.15. The van der Waals surface area contributed by atoms with E-state index in [1.54, 1.807) is 6.92 Å². The van der Waals surface area contributed by atoms with Crippen LogP contribution in [-0.4, -0.2) is 26.9 Å². The van der Waals surface area contributed by atoms with Gasteiger partial charge in [-0.25, -0.2) is 0 Å². The Balaban J connectivity index is 3.27. The topological polar surface area (TPSA) is 99.6 Å². The Morgan fingerprint density at radius 1 is 1.50 bits per heavy atom. The van der Waals surface area contributed by atoms with Crippen LogP contribution in [0, 0.1) is 6.92 Å². The molecule has 0 aliphatic rings. The van der Waals surface area contributed by atoms with Crippen molar-refractivity contribution in [2.45, 2.75) is 19.6 Å². The second-order valence-electron chi connectivity index (χ2n) is 3.08. The predicted molar refractivity (Wildman–Crippen MR) is 50.6 cm³/mol. The molecule has 0 saturated heterocycles. The van der Waals surface area contributed by atoms with Gasteiger partial charge >= 0.3 is 0 Å². The normalized spacial score (nSPS) is 12.9. The summed E-state index contributed by atoms with van der Waals surface area (Å²) in [7, 11) is 0. The summed E-state index contributed by atoms with van der Waals surface area (Å²) in [5.74, 6) is -0.0573. The van der Waals surface area contributed by atoms with Gasteiger partial charge in [0.25, 0.3) is 0 Å². The fraction of sp³-hybridized carbons (Fsp3) is 0.444. The molecular weight excluding hydrogens is 184 g/mol. The SMILES string of the molecule is Cc1ncc(CO)c([C@H](N)CO)c1O. The Hall–Kier alpha value is -1.17. The van der Waals surface area contributed by atoms with Crippen molar-refractivity contribution in [1.82, 2.24) is 4.98 Å². The molecule has 5 heteroatoms. The standard InChI is InChI=1S/C9H14N2O3/c1-5-9(14)8(7(10)4-13)6(3-12)2-11-5/h2,7,12-14H,3-4,10H2,1H3/t7-/m1/s1. The maximum atomic E-state index is 9.65. The minimum atomic E-state index is -0.696. The van der Waals surface area contributed by atoms with Crippen LogP contribution in [0.25, 0.3) is 0 Å². The molecule has 78 valence electrons. The van der Waals surface area contributed by atoms with E-state index in [0.717, 1.165) is 0 Å². The number of hydrogen-bond donors (Lipinski definition) is 4. The molecule has 0 aliphatic heterocycles. The van der Waals surface area contributed by atoms with Gasteiger partial charge in [-0.15, -0.1) is 0 Å². The van der Waals surface area contributed by atoms with Gasteiger partial charge < -0.3 is 21.1 Å². The zero-order chi connectivity index (χ0) is 10.7. The number of aliphatic hydroxyl groups excluding tert-OH is 2. The molecule has 0 aromatic carbocycles. The fourth-order valence-electron chi connectivity index (χ4n) is 1.28. The number of aliphatic hydroxyl groups is 2. The molecule has 0 spiro atoms. The number of aromatic hydroxyl groups is 1. The molecule has 0 unspecified atom stereocenters. The van der Waals surface area contributed by atoms with E-state index < -0.39 is 6.04 Å². The Bertz CT molecular complexity index is 328. The first-order valence-corrected chi connectivity index (χ1v) is 4.26. The third-order valence-corrected chi connectivity index (χ3v) is 2.10. The van der Waals surface area contributed by atoms with E-state index in [1.165, 1.54) is 6.20 Å². The summed E-state index contributed by atoms with van der Waals surface area (Å²) < 4.78 is 0. The van der Waals surface area contributed by atoms with Crippen molar-refractivity contribution in [3.63, 3.8) is 0 Å². The predicted octanol–water partition coefficient (Wildman–Crippen LogP) is -0.420. The minimum Gasteiger partial charge on any atom is -0.506 e. The Morgan fingerprint density at radius 2 is 2.14 bits per heavy atom. The first-order valence-electron chi connectivity index (χ1n) is 4.26. The molecular formula is C9H14N2O3. The lowest BCUT2D eigenvalue weighted by Crippen LogP contribution is -2.17. The van der Waals surface area contributed by atoms with Crippen LogP contribution in [0.1, 0.15) is 22.9 Å². The van der Waals surface area contributed by atoms with Crippen molar-refractivity contribution in [1.29, 1.82) is 0 Å². The van der Waals surface area contributed by atoms with E-state index in [2.05, 4.69) is 4.98 Å². The molecule has 0 fully saturated rings. The van der Waals surface area contributed by atoms with E-state index >= 15 is 0 Å². The van der Waals surface area contributed by atoms with Crippen LogP contribution < -0.4 is 5.73 Å². The number of nitrogens with two attached hydrogens (primary N) is 1. The van der Waals surface area contributed by atoms with E-state index in [0.29, 0.717) is 16.8 Å². The van der Waals surface area contributed by atoms with Crippen LogP contribution >= 0.6 is 0 Å². The van der Waals surface area contributed by atoms with Gasteiger partial charge in [-0.2, -0.15) is 0 Å². The molecule has 1 atom stereocenters. The molecule has 0 aliphatic carbocycles. The summed E-state index contributed by atoms with van der Waals surface area (Å²) in [5.41, 5.74) is 6.83. The highest BCUT2D eigenvalue weighted by Gasteiger charge is 2.16. The Morgan fingerprint density at radius 3 is 2.64 bits per heavy atom. The fourth-order valence-corrected chi connectivity index (χ4v) is 1.28. The van der Waals surface area contributed by atoms with Gasteiger partial charge in [0.1, 0.15) is 5.75 Å². The van der Waals surface area contributed by atoms with E-state index in [1.807, 2.05) is 0 Å². The van der Waals surface area contributed by atoms with E-state index in [-0.39, 0.29) is 19.0 Å². The third-order valence-electron chi connectivity index (χ3n) is 2.10. The third kappa shape index (κ3) is 1.84. The molecule has 0 amide bonds. The first kappa shape index (κ1) is 10.9. The second kappa shape index (κ2) is 4.36. The van der Waals surface area contributed by atoms with Crippen LogP contribution in [0.3, 0.4) is 0 Å². The second-order valence-corrected chi connectivity index (χ2v) is 3.08. The number of hydrogen-bond acceptors (Lipinski definition) is 5. The maximum absolute atomic E-state index is 9.65. The summed E-state index contributed by atoms with van der Waals surface area (Å²) >= 11 is 0. The van der Waals surface area contributed by atoms with Gasteiger partial charge in [0.2, 0.25) is 0 Å². The quantitative estimate of drug-likeness (QED) is 0.528. The number of rotatable bonds is 3. The highest BCUT2D eigenvalue weighted by Crippen LogP contribution is 2.28. The summed E-state index contributed by atoms with van der Waals surface area (Å²) in [6, 6.07) is -0.696. The molecule has 14 heavy (non-hydrogen) atoms. The number of nitrogens with zero attached hydrogens (tertiary/aromatic N) is 1. The van der Waals surface area contributed by atoms with Crippen LogP contribution in [0.2, 0.25) is 0 Å². The van der Waals surface area contributed by atoms with Crippen LogP contribution in [0.15, 0.2) is 6.20 Å². The van der Waals surface area contributed by atoms with Crippen molar-refractivity contribution < 1.29 is 15.3 Å². The molecule has 0 saturated carbocycles. The lowest BCUT2D eigenvalue weighted by molar-refractivity contribution is 0.255. The van der Waals surface area contributed by atoms with Gasteiger partial charge in [-0.1, -0.05) is 0 Å². The summed E-state index contributed by atoms with van der Waals surface area (Å²) in [6.07, 6.45) is 1.44. The molecule has 1 aromatic rings. The van der Waals surface area contributed by atoms with Crippen molar-refractivity contribution in [2.75, 3.05) is 6.61 Å². The maximum Gasteiger partial charge on any atom is 0.141 e. The zero-order valence-electron chi connectivity index (χ0n) is 7.94. The average molecular weight is 198 g/mol. The monoisotopic (exact) mass is 198 g/mol. The van der Waals surface area contributed by atoms with Gasteiger partial charge in [0.05, 0.1) is 24.9 Å². The highest BCUT2D eigenvalue weighted by atomic mass is 16.3. The van der Waals surface area contributed by atoms with Crippen molar-refractivity contribution in [3.8, 4) is 5.75 Å². The largest absolute Gasteiger partial charge is 0.506 e. The van der Waals surface area contributed by atoms with Crippen LogP contribution in [0.5, 0.6) is 5.75 Å². The lowest BCUT2D eigenvalue weighted by atomic mass is 10.0. The molecule has 1 aromatic heterocycles. The average Bonchev–Trinajstić information content (AvgIpc) is 2.20. The number of aryl methyl sites for hydroxylation is 1. The van der Waals surface area contributed by atoms with Gasteiger partial charge in [0.15, 0.2) is 0 Å². The molecule has 0 radical (unpaired) electrons. The number of pyridine rings is 1. The summed E-state index contributed by atoms with van der Waals surface area (Å²) in [4.78, 5) is 3.88. The zero-order valence-corrected chi connectivity index (χ0v) is 7.94. The van der Waals surface area contributed by atoms with E-state index in [4.69, 9.17) is 15.9 Å². The van der Waals surface area contributed by atoms with Crippen LogP contribution in [-0.2, 0) is 6.61 Å².